The average Bonchev–Trinajstić information content (AvgIpc) is 3.62. The van der Waals surface area contributed by atoms with E-state index in [2.05, 4.69) is 48.3 Å². The number of H-pyrrole nitrogens is 1. The van der Waals surface area contributed by atoms with E-state index in [4.69, 9.17) is 4.52 Å². The summed E-state index contributed by atoms with van der Waals surface area (Å²) in [6, 6.07) is 6.69. The Labute approximate surface area is 261 Å². The summed E-state index contributed by atoms with van der Waals surface area (Å²) < 4.78 is 5.26. The van der Waals surface area contributed by atoms with Gasteiger partial charge in [-0.3, -0.25) is 24.1 Å². The van der Waals surface area contributed by atoms with Crippen molar-refractivity contribution in [1.29, 1.82) is 0 Å². The van der Waals surface area contributed by atoms with Gasteiger partial charge in [-0.15, -0.1) is 0 Å². The SMILES string of the molecule is Cc1[nH]c(/C=C2\C(=O)Nc3cc(NC(=O)CC(=O)Nc4cc(C(C)(C)C)on4)ccc32)c(C)c1NC(=O)CN1CCN(C)CC1. The molecule has 0 aliphatic carbocycles. The first-order valence-corrected chi connectivity index (χ1v) is 14.9. The first-order valence-electron chi connectivity index (χ1n) is 14.9. The molecular formula is C32H40N8O5. The maximum absolute atomic E-state index is 13.0. The number of amides is 4. The topological polar surface area (TPSA) is 165 Å². The normalized spacial score (nSPS) is 16.4. The molecule has 1 saturated heterocycles. The third kappa shape index (κ3) is 7.49. The minimum Gasteiger partial charge on any atom is -0.359 e. The Morgan fingerprint density at radius 2 is 1.71 bits per heavy atom. The summed E-state index contributed by atoms with van der Waals surface area (Å²) in [5, 5.41) is 15.0. The highest BCUT2D eigenvalue weighted by Crippen LogP contribution is 2.36. The third-order valence-corrected chi connectivity index (χ3v) is 7.92. The summed E-state index contributed by atoms with van der Waals surface area (Å²) in [5.41, 5.74) is 4.86. The summed E-state index contributed by atoms with van der Waals surface area (Å²) >= 11 is 0. The van der Waals surface area contributed by atoms with E-state index in [9.17, 15) is 19.2 Å². The predicted octanol–water partition coefficient (Wildman–Crippen LogP) is 3.56. The van der Waals surface area contributed by atoms with E-state index in [1.54, 1.807) is 30.3 Å². The van der Waals surface area contributed by atoms with Gasteiger partial charge in [0, 0.05) is 60.3 Å². The van der Waals surface area contributed by atoms with Gasteiger partial charge < -0.3 is 35.7 Å². The maximum Gasteiger partial charge on any atom is 0.256 e. The molecule has 0 spiro atoms. The second-order valence-electron chi connectivity index (χ2n) is 12.7. The van der Waals surface area contributed by atoms with Crippen LogP contribution in [0.3, 0.4) is 0 Å². The van der Waals surface area contributed by atoms with Crippen LogP contribution in [0.5, 0.6) is 0 Å². The number of carbonyl (C=O) groups excluding carboxylic acids is 4. The molecule has 13 heteroatoms. The fraction of sp³-hybridized carbons (Fsp3) is 0.406. The van der Waals surface area contributed by atoms with E-state index >= 15 is 0 Å². The van der Waals surface area contributed by atoms with Crippen molar-refractivity contribution in [3.63, 3.8) is 0 Å². The number of aromatic amines is 1. The molecule has 238 valence electrons. The molecule has 5 rings (SSSR count). The maximum atomic E-state index is 13.0. The Hall–Kier alpha value is -4.75. The molecular weight excluding hydrogens is 576 g/mol. The highest BCUT2D eigenvalue weighted by Gasteiger charge is 2.26. The van der Waals surface area contributed by atoms with E-state index in [1.807, 2.05) is 34.6 Å². The van der Waals surface area contributed by atoms with Crippen molar-refractivity contribution in [3.8, 4) is 0 Å². The smallest absolute Gasteiger partial charge is 0.256 e. The molecule has 0 saturated carbocycles. The second kappa shape index (κ2) is 12.7. The minimum absolute atomic E-state index is 0.0761. The van der Waals surface area contributed by atoms with E-state index in [1.165, 1.54) is 0 Å². The number of anilines is 4. The third-order valence-electron chi connectivity index (χ3n) is 7.92. The molecule has 1 aromatic carbocycles. The van der Waals surface area contributed by atoms with Crippen molar-refractivity contribution in [2.75, 3.05) is 61.0 Å². The van der Waals surface area contributed by atoms with Gasteiger partial charge in [-0.05, 0) is 44.7 Å². The van der Waals surface area contributed by atoms with Crippen LogP contribution in [0.1, 0.15) is 55.5 Å². The van der Waals surface area contributed by atoms with Crippen LogP contribution in [-0.4, -0.2) is 83.3 Å². The summed E-state index contributed by atoms with van der Waals surface area (Å²) in [7, 11) is 2.08. The van der Waals surface area contributed by atoms with Crippen LogP contribution in [0.25, 0.3) is 11.6 Å². The number of hydrogen-bond acceptors (Lipinski definition) is 8. The lowest BCUT2D eigenvalue weighted by Gasteiger charge is -2.31. The van der Waals surface area contributed by atoms with Crippen LogP contribution in [0.15, 0.2) is 28.8 Å². The largest absolute Gasteiger partial charge is 0.359 e. The van der Waals surface area contributed by atoms with Gasteiger partial charge in [-0.1, -0.05) is 32.0 Å². The number of nitrogens with zero attached hydrogens (tertiary/aromatic N) is 3. The molecule has 4 amide bonds. The Morgan fingerprint density at radius 1 is 1.00 bits per heavy atom. The number of fused-ring (bicyclic) bond motifs is 1. The van der Waals surface area contributed by atoms with Gasteiger partial charge in [0.2, 0.25) is 17.7 Å². The number of likely N-dealkylation sites (N-methyl/N-ethyl adjacent to an activating group) is 1. The minimum atomic E-state index is -0.535. The van der Waals surface area contributed by atoms with Gasteiger partial charge in [0.15, 0.2) is 5.82 Å². The monoisotopic (exact) mass is 616 g/mol. The molecule has 1 fully saturated rings. The predicted molar refractivity (Wildman–Crippen MR) is 173 cm³/mol. The Balaban J connectivity index is 1.21. The van der Waals surface area contributed by atoms with Crippen LogP contribution in [0.2, 0.25) is 0 Å². The van der Waals surface area contributed by atoms with Crippen LogP contribution in [0.4, 0.5) is 22.9 Å². The first kappa shape index (κ1) is 31.7. The molecule has 2 aliphatic heterocycles. The van der Waals surface area contributed by atoms with Gasteiger partial charge in [0.25, 0.3) is 5.91 Å². The molecule has 2 aliphatic rings. The number of piperazine rings is 1. The van der Waals surface area contributed by atoms with Gasteiger partial charge in [-0.25, -0.2) is 0 Å². The van der Waals surface area contributed by atoms with Crippen LogP contribution in [0, 0.1) is 13.8 Å². The second-order valence-corrected chi connectivity index (χ2v) is 12.7. The number of aryl methyl sites for hydroxylation is 1. The number of rotatable bonds is 8. The Bertz CT molecular complexity index is 1670. The molecule has 0 unspecified atom stereocenters. The van der Waals surface area contributed by atoms with Crippen molar-refractivity contribution in [2.45, 2.75) is 46.5 Å². The number of benzene rings is 1. The molecule has 0 radical (unpaired) electrons. The van der Waals surface area contributed by atoms with Crippen molar-refractivity contribution in [3.05, 3.63) is 52.5 Å². The van der Waals surface area contributed by atoms with Crippen LogP contribution >= 0.6 is 0 Å². The first-order chi connectivity index (χ1) is 21.3. The van der Waals surface area contributed by atoms with Crippen LogP contribution < -0.4 is 21.3 Å². The van der Waals surface area contributed by atoms with Gasteiger partial charge >= 0.3 is 0 Å². The number of carbonyl (C=O) groups is 4. The standard InChI is InChI=1S/C32H40N8O5/c1-18-23(33-19(2)30(18)37-29(43)17-40-11-9-39(6)10-12-40)14-22-21-8-7-20(13-24(21)35-31(22)44)34-27(41)16-28(42)36-26-15-25(45-38-26)32(3,4)5/h7-8,13-15,33H,9-12,16-17H2,1-6H3,(H,34,41)(H,35,44)(H,37,43)(H,36,38,42)/b22-14-. The van der Waals surface area contributed by atoms with Gasteiger partial charge in [-0.2, -0.15) is 0 Å². The van der Waals surface area contributed by atoms with Crippen molar-refractivity contribution in [1.82, 2.24) is 19.9 Å². The number of aromatic nitrogens is 2. The average molecular weight is 617 g/mol. The molecule has 45 heavy (non-hydrogen) atoms. The van der Waals surface area contributed by atoms with Crippen molar-refractivity contribution < 1.29 is 23.7 Å². The van der Waals surface area contributed by atoms with Crippen LogP contribution in [-0.2, 0) is 24.6 Å². The van der Waals surface area contributed by atoms with E-state index in [0.29, 0.717) is 46.2 Å². The number of hydrogen-bond donors (Lipinski definition) is 5. The zero-order chi connectivity index (χ0) is 32.5. The fourth-order valence-electron chi connectivity index (χ4n) is 5.28. The summed E-state index contributed by atoms with van der Waals surface area (Å²) in [5.74, 6) is -0.569. The Morgan fingerprint density at radius 3 is 2.40 bits per heavy atom. The van der Waals surface area contributed by atoms with Gasteiger partial charge in [0.1, 0.15) is 12.2 Å². The van der Waals surface area contributed by atoms with Crippen molar-refractivity contribution in [2.24, 2.45) is 0 Å². The number of nitrogens with one attached hydrogen (secondary N) is 5. The molecule has 5 N–H and O–H groups in total. The highest BCUT2D eigenvalue weighted by atomic mass is 16.5. The van der Waals surface area contributed by atoms with E-state index < -0.39 is 18.2 Å². The Kier molecular flexibility index (Phi) is 8.94. The lowest BCUT2D eigenvalue weighted by Crippen LogP contribution is -2.47. The van der Waals surface area contributed by atoms with E-state index in [-0.39, 0.29) is 23.0 Å². The van der Waals surface area contributed by atoms with E-state index in [0.717, 1.165) is 37.4 Å². The molecule has 2 aromatic heterocycles. The molecule has 0 bridgehead atoms. The van der Waals surface area contributed by atoms with Crippen molar-refractivity contribution >= 4 is 58.2 Å². The molecule has 0 atom stereocenters. The highest BCUT2D eigenvalue weighted by molar-refractivity contribution is 6.35. The lowest BCUT2D eigenvalue weighted by molar-refractivity contribution is -0.124. The lowest BCUT2D eigenvalue weighted by atomic mass is 9.93. The fourth-order valence-corrected chi connectivity index (χ4v) is 5.28. The zero-order valence-corrected chi connectivity index (χ0v) is 26.5. The molecule has 13 nitrogen and oxygen atoms in total. The molecule has 3 aromatic rings. The summed E-state index contributed by atoms with van der Waals surface area (Å²) in [6.07, 6.45) is 1.34. The zero-order valence-electron chi connectivity index (χ0n) is 26.5. The van der Waals surface area contributed by atoms with Gasteiger partial charge in [0.05, 0.1) is 23.5 Å². The summed E-state index contributed by atoms with van der Waals surface area (Å²) in [4.78, 5) is 58.4. The quantitative estimate of drug-likeness (QED) is 0.189. The summed E-state index contributed by atoms with van der Waals surface area (Å²) in [6.45, 7) is 13.6. The molecule has 4 heterocycles.